The SMILES string of the molecule is NC(=S)C1CCN(S(=O)(=O)CCc2ccncc2)CC1. The molecule has 0 unspecified atom stereocenters. The van der Waals surface area contributed by atoms with Gasteiger partial charge in [-0.3, -0.25) is 4.98 Å². The molecule has 0 atom stereocenters. The van der Waals surface area contributed by atoms with E-state index in [1.807, 2.05) is 12.1 Å². The molecule has 0 aliphatic carbocycles. The largest absolute Gasteiger partial charge is 0.393 e. The van der Waals surface area contributed by atoms with E-state index < -0.39 is 10.0 Å². The monoisotopic (exact) mass is 313 g/mol. The van der Waals surface area contributed by atoms with Crippen LogP contribution in [0.2, 0.25) is 0 Å². The molecule has 2 heterocycles. The molecule has 2 N–H and O–H groups in total. The minimum absolute atomic E-state index is 0.134. The molecule has 1 aromatic heterocycles. The molecule has 0 spiro atoms. The summed E-state index contributed by atoms with van der Waals surface area (Å²) in [7, 11) is -3.20. The maximum absolute atomic E-state index is 12.3. The number of nitrogens with two attached hydrogens (primary N) is 1. The summed E-state index contributed by atoms with van der Waals surface area (Å²) in [5.41, 5.74) is 6.60. The van der Waals surface area contributed by atoms with Crippen molar-refractivity contribution in [3.05, 3.63) is 30.1 Å². The smallest absolute Gasteiger partial charge is 0.214 e. The summed E-state index contributed by atoms with van der Waals surface area (Å²) in [6.07, 6.45) is 5.32. The van der Waals surface area contributed by atoms with Gasteiger partial charge in [-0.1, -0.05) is 12.2 Å². The fourth-order valence-corrected chi connectivity index (χ4v) is 4.10. The van der Waals surface area contributed by atoms with Crippen LogP contribution in [0.5, 0.6) is 0 Å². The molecule has 110 valence electrons. The lowest BCUT2D eigenvalue weighted by Gasteiger charge is -2.30. The number of sulfonamides is 1. The Bertz CT molecular complexity index is 552. The Morgan fingerprint density at radius 3 is 2.50 bits per heavy atom. The Kier molecular flexibility index (Phi) is 5.06. The van der Waals surface area contributed by atoms with Crippen LogP contribution >= 0.6 is 12.2 Å². The van der Waals surface area contributed by atoms with E-state index in [1.165, 1.54) is 0 Å². The summed E-state index contributed by atoms with van der Waals surface area (Å²) in [6, 6.07) is 3.68. The summed E-state index contributed by atoms with van der Waals surface area (Å²) in [5, 5.41) is 0. The van der Waals surface area contributed by atoms with Crippen LogP contribution < -0.4 is 5.73 Å². The minimum Gasteiger partial charge on any atom is -0.393 e. The molecule has 0 radical (unpaired) electrons. The van der Waals surface area contributed by atoms with Gasteiger partial charge in [0.05, 0.1) is 10.7 Å². The molecule has 5 nitrogen and oxygen atoms in total. The van der Waals surface area contributed by atoms with Gasteiger partial charge in [0.2, 0.25) is 10.0 Å². The molecule has 0 bridgehead atoms. The van der Waals surface area contributed by atoms with Crippen LogP contribution in [0, 0.1) is 5.92 Å². The molecule has 20 heavy (non-hydrogen) atoms. The fraction of sp³-hybridized carbons (Fsp3) is 0.538. The van der Waals surface area contributed by atoms with Crippen molar-refractivity contribution in [2.24, 2.45) is 11.7 Å². The number of rotatable bonds is 5. The van der Waals surface area contributed by atoms with E-state index >= 15 is 0 Å². The Morgan fingerprint density at radius 2 is 1.95 bits per heavy atom. The Balaban J connectivity index is 1.90. The lowest BCUT2D eigenvalue weighted by atomic mass is 9.98. The predicted molar refractivity (Wildman–Crippen MR) is 82.8 cm³/mol. The van der Waals surface area contributed by atoms with Crippen LogP contribution in [0.15, 0.2) is 24.5 Å². The van der Waals surface area contributed by atoms with E-state index in [9.17, 15) is 8.42 Å². The molecule has 1 fully saturated rings. The fourth-order valence-electron chi connectivity index (χ4n) is 2.34. The number of aryl methyl sites for hydroxylation is 1. The van der Waals surface area contributed by atoms with Gasteiger partial charge in [-0.25, -0.2) is 12.7 Å². The van der Waals surface area contributed by atoms with Crippen molar-refractivity contribution in [3.8, 4) is 0 Å². The molecule has 0 saturated carbocycles. The van der Waals surface area contributed by atoms with E-state index in [0.29, 0.717) is 24.5 Å². The minimum atomic E-state index is -3.20. The van der Waals surface area contributed by atoms with Crippen molar-refractivity contribution < 1.29 is 8.42 Å². The van der Waals surface area contributed by atoms with Gasteiger partial charge in [-0.15, -0.1) is 0 Å². The summed E-state index contributed by atoms with van der Waals surface area (Å²) < 4.78 is 26.1. The molecule has 0 amide bonds. The van der Waals surface area contributed by atoms with E-state index in [0.717, 1.165) is 18.4 Å². The van der Waals surface area contributed by atoms with E-state index in [-0.39, 0.29) is 11.7 Å². The van der Waals surface area contributed by atoms with Crippen molar-refractivity contribution >= 4 is 27.2 Å². The van der Waals surface area contributed by atoms with Crippen molar-refractivity contribution in [1.82, 2.24) is 9.29 Å². The number of hydrogen-bond acceptors (Lipinski definition) is 4. The van der Waals surface area contributed by atoms with Crippen molar-refractivity contribution in [3.63, 3.8) is 0 Å². The number of pyridine rings is 1. The van der Waals surface area contributed by atoms with Crippen LogP contribution in [0.4, 0.5) is 0 Å². The zero-order valence-electron chi connectivity index (χ0n) is 11.2. The molecule has 1 aliphatic rings. The number of piperidine rings is 1. The Hall–Kier alpha value is -1.05. The second-order valence-electron chi connectivity index (χ2n) is 5.00. The second kappa shape index (κ2) is 6.60. The third-order valence-corrected chi connectivity index (χ3v) is 5.85. The highest BCUT2D eigenvalue weighted by molar-refractivity contribution is 7.89. The first-order valence-electron chi connectivity index (χ1n) is 6.65. The maximum atomic E-state index is 12.3. The Labute approximate surface area is 125 Å². The molecule has 7 heteroatoms. The molecule has 2 rings (SSSR count). The lowest BCUT2D eigenvalue weighted by Crippen LogP contribution is -2.42. The van der Waals surface area contributed by atoms with E-state index in [1.54, 1.807) is 16.7 Å². The Morgan fingerprint density at radius 1 is 1.35 bits per heavy atom. The molecule has 1 saturated heterocycles. The summed E-state index contributed by atoms with van der Waals surface area (Å²) >= 11 is 4.97. The standard InChI is InChI=1S/C13H19N3O2S2/c14-13(19)12-3-8-16(9-4-12)20(17,18)10-5-11-1-6-15-7-2-11/h1-2,6-7,12H,3-5,8-10H2,(H2,14,19). The topological polar surface area (TPSA) is 76.3 Å². The van der Waals surface area contributed by atoms with Crippen LogP contribution in [-0.4, -0.2) is 41.5 Å². The average Bonchev–Trinajstić information content (AvgIpc) is 2.46. The second-order valence-corrected chi connectivity index (χ2v) is 7.56. The van der Waals surface area contributed by atoms with Gasteiger partial charge in [0, 0.05) is 31.4 Å². The van der Waals surface area contributed by atoms with Gasteiger partial charge < -0.3 is 5.73 Å². The van der Waals surface area contributed by atoms with Crippen LogP contribution in [0.1, 0.15) is 18.4 Å². The van der Waals surface area contributed by atoms with Crippen molar-refractivity contribution in [2.45, 2.75) is 19.3 Å². The third-order valence-electron chi connectivity index (χ3n) is 3.65. The molecular formula is C13H19N3O2S2. The maximum Gasteiger partial charge on any atom is 0.214 e. The highest BCUT2D eigenvalue weighted by Gasteiger charge is 2.28. The average molecular weight is 313 g/mol. The van der Waals surface area contributed by atoms with E-state index in [4.69, 9.17) is 18.0 Å². The van der Waals surface area contributed by atoms with Crippen molar-refractivity contribution in [1.29, 1.82) is 0 Å². The highest BCUT2D eigenvalue weighted by atomic mass is 32.2. The van der Waals surface area contributed by atoms with Gasteiger partial charge in [-0.05, 0) is 37.0 Å². The molecule has 0 aromatic carbocycles. The van der Waals surface area contributed by atoms with Gasteiger partial charge in [0.1, 0.15) is 0 Å². The van der Waals surface area contributed by atoms with Gasteiger partial charge >= 0.3 is 0 Å². The first-order valence-corrected chi connectivity index (χ1v) is 8.67. The van der Waals surface area contributed by atoms with Crippen molar-refractivity contribution in [2.75, 3.05) is 18.8 Å². The molecule has 1 aliphatic heterocycles. The predicted octanol–water partition coefficient (Wildman–Crippen LogP) is 0.952. The molecular weight excluding hydrogens is 294 g/mol. The summed E-state index contributed by atoms with van der Waals surface area (Å²) in [5.74, 6) is 0.311. The summed E-state index contributed by atoms with van der Waals surface area (Å²) in [6.45, 7) is 1.03. The molecule has 1 aromatic rings. The number of thiocarbonyl (C=S) groups is 1. The van der Waals surface area contributed by atoms with Crippen LogP contribution in [-0.2, 0) is 16.4 Å². The summed E-state index contributed by atoms with van der Waals surface area (Å²) in [4.78, 5) is 4.42. The van der Waals surface area contributed by atoms with Gasteiger partial charge in [-0.2, -0.15) is 0 Å². The first kappa shape index (κ1) is 15.3. The zero-order valence-corrected chi connectivity index (χ0v) is 12.9. The lowest BCUT2D eigenvalue weighted by molar-refractivity contribution is 0.317. The van der Waals surface area contributed by atoms with E-state index in [2.05, 4.69) is 4.98 Å². The first-order chi connectivity index (χ1) is 9.49. The highest BCUT2D eigenvalue weighted by Crippen LogP contribution is 2.20. The quantitative estimate of drug-likeness (QED) is 0.819. The number of hydrogen-bond donors (Lipinski definition) is 1. The third kappa shape index (κ3) is 3.97. The number of nitrogens with zero attached hydrogens (tertiary/aromatic N) is 2. The van der Waals surface area contributed by atoms with Crippen LogP contribution in [0.25, 0.3) is 0 Å². The number of aromatic nitrogens is 1. The van der Waals surface area contributed by atoms with Gasteiger partial charge in [0.25, 0.3) is 0 Å². The van der Waals surface area contributed by atoms with Gasteiger partial charge in [0.15, 0.2) is 0 Å². The van der Waals surface area contributed by atoms with Crippen LogP contribution in [0.3, 0.4) is 0 Å². The normalized spacial score (nSPS) is 18.0. The zero-order chi connectivity index (χ0) is 14.6.